The van der Waals surface area contributed by atoms with Gasteiger partial charge in [0.15, 0.2) is 5.16 Å². The number of aromatic nitrogens is 2. The fraction of sp³-hybridized carbons (Fsp3) is 0.562. The number of esters is 2. The maximum atomic E-state index is 12.1. The van der Waals surface area contributed by atoms with Crippen molar-refractivity contribution in [3.8, 4) is 0 Å². The highest BCUT2D eigenvalue weighted by atomic mass is 32.2. The van der Waals surface area contributed by atoms with E-state index in [1.165, 1.54) is 20.3 Å². The quantitative estimate of drug-likeness (QED) is 0.352. The molecule has 1 aromatic rings. The summed E-state index contributed by atoms with van der Waals surface area (Å²) >= 11 is 0.989. The molecule has 0 radical (unpaired) electrons. The Balaban J connectivity index is 2.69. The van der Waals surface area contributed by atoms with Crippen LogP contribution in [0.2, 0.25) is 0 Å². The Labute approximate surface area is 155 Å². The van der Waals surface area contributed by atoms with Crippen molar-refractivity contribution < 1.29 is 23.9 Å². The Morgan fingerprint density at radius 3 is 2.54 bits per heavy atom. The topological polar surface area (TPSA) is 127 Å². The second-order valence-corrected chi connectivity index (χ2v) is 6.82. The molecule has 10 heteroatoms. The number of hydrogen-bond acceptors (Lipinski definition) is 8. The van der Waals surface area contributed by atoms with Gasteiger partial charge in [0.1, 0.15) is 6.04 Å². The van der Waals surface area contributed by atoms with Crippen molar-refractivity contribution in [1.29, 1.82) is 0 Å². The minimum atomic E-state index is -0.731. The number of amides is 1. The van der Waals surface area contributed by atoms with Crippen molar-refractivity contribution in [2.45, 2.75) is 37.9 Å². The summed E-state index contributed by atoms with van der Waals surface area (Å²) < 4.78 is 9.23. The van der Waals surface area contributed by atoms with Crippen LogP contribution >= 0.6 is 11.8 Å². The third-order valence-corrected chi connectivity index (χ3v) is 4.07. The smallest absolute Gasteiger partial charge is 0.328 e. The van der Waals surface area contributed by atoms with Crippen LogP contribution in [0.25, 0.3) is 0 Å². The van der Waals surface area contributed by atoms with E-state index in [4.69, 9.17) is 4.74 Å². The van der Waals surface area contributed by atoms with Crippen molar-refractivity contribution in [1.82, 2.24) is 15.3 Å². The number of carbonyl (C=O) groups excluding carboxylic acids is 3. The van der Waals surface area contributed by atoms with E-state index in [9.17, 15) is 19.2 Å². The number of aromatic amines is 1. The van der Waals surface area contributed by atoms with Gasteiger partial charge in [-0.3, -0.25) is 14.4 Å². The highest BCUT2D eigenvalue weighted by molar-refractivity contribution is 7.99. The van der Waals surface area contributed by atoms with Gasteiger partial charge in [-0.05, 0) is 12.3 Å². The Hall–Kier alpha value is -2.36. The lowest BCUT2D eigenvalue weighted by molar-refractivity contribution is -0.145. The van der Waals surface area contributed by atoms with Crippen LogP contribution in [0.5, 0.6) is 0 Å². The lowest BCUT2D eigenvalue weighted by Crippen LogP contribution is -2.43. The highest BCUT2D eigenvalue weighted by Crippen LogP contribution is 2.12. The molecule has 0 bridgehead atoms. The Bertz CT molecular complexity index is 703. The Kier molecular flexibility index (Phi) is 8.83. The highest BCUT2D eigenvalue weighted by Gasteiger charge is 2.22. The maximum absolute atomic E-state index is 12.1. The molecule has 0 spiro atoms. The molecule has 2 N–H and O–H groups in total. The van der Waals surface area contributed by atoms with Crippen molar-refractivity contribution in [2.75, 3.05) is 20.0 Å². The molecule has 1 amide bonds. The zero-order chi connectivity index (χ0) is 19.7. The van der Waals surface area contributed by atoms with Gasteiger partial charge < -0.3 is 19.8 Å². The van der Waals surface area contributed by atoms with Crippen molar-refractivity contribution >= 4 is 29.6 Å². The number of hydrogen-bond donors (Lipinski definition) is 2. The first kappa shape index (κ1) is 21.7. The van der Waals surface area contributed by atoms with Gasteiger partial charge in [-0.1, -0.05) is 25.6 Å². The minimum Gasteiger partial charge on any atom is -0.469 e. The Morgan fingerprint density at radius 1 is 1.27 bits per heavy atom. The standard InChI is InChI=1S/C16H23N3O6S/c1-9(2)5-11(15(23)25-4)18-13(21)8-26-16-17-10(6-12(20)19-16)7-14(22)24-3/h6,9,11H,5,7-8H2,1-4H3,(H,18,21)(H,17,19,20)/t11-/m1/s1. The summed E-state index contributed by atoms with van der Waals surface area (Å²) in [7, 11) is 2.50. The lowest BCUT2D eigenvalue weighted by atomic mass is 10.0. The van der Waals surface area contributed by atoms with E-state index in [0.717, 1.165) is 11.8 Å². The SMILES string of the molecule is COC(=O)Cc1cc(=O)[nH]c(SCC(=O)N[C@H](CC(C)C)C(=O)OC)n1. The summed E-state index contributed by atoms with van der Waals surface area (Å²) in [6.45, 7) is 3.86. The van der Waals surface area contributed by atoms with E-state index in [2.05, 4.69) is 20.0 Å². The fourth-order valence-electron chi connectivity index (χ4n) is 2.06. The molecule has 0 saturated carbocycles. The number of nitrogens with one attached hydrogen (secondary N) is 2. The van der Waals surface area contributed by atoms with Gasteiger partial charge in [0.05, 0.1) is 32.1 Å². The van der Waals surface area contributed by atoms with Gasteiger partial charge in [0, 0.05) is 6.07 Å². The van der Waals surface area contributed by atoms with Crippen LogP contribution in [0, 0.1) is 5.92 Å². The average molecular weight is 385 g/mol. The summed E-state index contributed by atoms with van der Waals surface area (Å²) in [6, 6.07) is 0.461. The van der Waals surface area contributed by atoms with Crippen LogP contribution in [0.4, 0.5) is 0 Å². The van der Waals surface area contributed by atoms with Gasteiger partial charge in [0.2, 0.25) is 5.91 Å². The third-order valence-electron chi connectivity index (χ3n) is 3.19. The molecule has 26 heavy (non-hydrogen) atoms. The molecule has 9 nitrogen and oxygen atoms in total. The van der Waals surface area contributed by atoms with Crippen LogP contribution in [0.15, 0.2) is 16.0 Å². The molecule has 0 aliphatic heterocycles. The van der Waals surface area contributed by atoms with Crippen LogP contribution in [-0.4, -0.2) is 53.8 Å². The number of thioether (sulfide) groups is 1. The summed E-state index contributed by atoms with van der Waals surface area (Å²) in [4.78, 5) is 53.3. The van der Waals surface area contributed by atoms with E-state index in [0.29, 0.717) is 6.42 Å². The van der Waals surface area contributed by atoms with E-state index < -0.39 is 29.4 Å². The third kappa shape index (κ3) is 7.68. The molecule has 1 rings (SSSR count). The normalized spacial score (nSPS) is 11.7. The first-order valence-electron chi connectivity index (χ1n) is 7.92. The first-order valence-corrected chi connectivity index (χ1v) is 8.90. The molecule has 0 aliphatic carbocycles. The molecule has 1 heterocycles. The van der Waals surface area contributed by atoms with Gasteiger partial charge in [-0.15, -0.1) is 0 Å². The molecule has 0 saturated heterocycles. The second kappa shape index (κ2) is 10.6. The summed E-state index contributed by atoms with van der Waals surface area (Å²) in [5.74, 6) is -1.29. The van der Waals surface area contributed by atoms with Crippen molar-refractivity contribution in [2.24, 2.45) is 5.92 Å². The number of methoxy groups -OCH3 is 2. The van der Waals surface area contributed by atoms with E-state index in [1.54, 1.807) is 0 Å². The van der Waals surface area contributed by atoms with Crippen molar-refractivity contribution in [3.05, 3.63) is 22.1 Å². The summed E-state index contributed by atoms with van der Waals surface area (Å²) in [5.41, 5.74) is -0.190. The largest absolute Gasteiger partial charge is 0.469 e. The number of rotatable bonds is 9. The minimum absolute atomic E-state index is 0.0593. The average Bonchev–Trinajstić information content (AvgIpc) is 2.57. The molecule has 0 aromatic carbocycles. The first-order chi connectivity index (χ1) is 12.2. The van der Waals surface area contributed by atoms with Crippen LogP contribution in [-0.2, 0) is 30.3 Å². The summed E-state index contributed by atoms with van der Waals surface area (Å²) in [6.07, 6.45) is 0.311. The second-order valence-electron chi connectivity index (χ2n) is 5.86. The molecule has 0 unspecified atom stereocenters. The zero-order valence-corrected chi connectivity index (χ0v) is 16.0. The molecule has 1 aromatic heterocycles. The predicted octanol–water partition coefficient (Wildman–Crippen LogP) is 0.281. The molecule has 144 valence electrons. The lowest BCUT2D eigenvalue weighted by Gasteiger charge is -2.18. The van der Waals surface area contributed by atoms with Crippen LogP contribution in [0.1, 0.15) is 26.0 Å². The fourth-order valence-corrected chi connectivity index (χ4v) is 2.77. The Morgan fingerprint density at radius 2 is 1.96 bits per heavy atom. The van der Waals surface area contributed by atoms with Gasteiger partial charge >= 0.3 is 11.9 Å². The summed E-state index contributed by atoms with van der Waals surface area (Å²) in [5, 5.41) is 2.81. The van der Waals surface area contributed by atoms with Crippen LogP contribution < -0.4 is 10.9 Å². The molecule has 0 fully saturated rings. The maximum Gasteiger partial charge on any atom is 0.328 e. The van der Waals surface area contributed by atoms with Crippen molar-refractivity contribution in [3.63, 3.8) is 0 Å². The van der Waals surface area contributed by atoms with Crippen LogP contribution in [0.3, 0.4) is 0 Å². The van der Waals surface area contributed by atoms with Gasteiger partial charge in [0.25, 0.3) is 5.56 Å². The number of H-pyrrole nitrogens is 1. The van der Waals surface area contributed by atoms with E-state index >= 15 is 0 Å². The van der Waals surface area contributed by atoms with E-state index in [1.807, 2.05) is 13.8 Å². The molecular formula is C16H23N3O6S. The number of ether oxygens (including phenoxy) is 2. The van der Waals surface area contributed by atoms with Gasteiger partial charge in [-0.25, -0.2) is 9.78 Å². The zero-order valence-electron chi connectivity index (χ0n) is 15.2. The monoisotopic (exact) mass is 385 g/mol. The number of carbonyl (C=O) groups is 3. The molecular weight excluding hydrogens is 362 g/mol. The van der Waals surface area contributed by atoms with E-state index in [-0.39, 0.29) is 28.9 Å². The molecule has 0 aliphatic rings. The number of nitrogens with zero attached hydrogens (tertiary/aromatic N) is 1. The van der Waals surface area contributed by atoms with Gasteiger partial charge in [-0.2, -0.15) is 0 Å². The molecule has 1 atom stereocenters. The predicted molar refractivity (Wildman–Crippen MR) is 94.7 cm³/mol.